The van der Waals surface area contributed by atoms with Crippen LogP contribution in [0.1, 0.15) is 19.3 Å². The molecule has 1 aromatic carbocycles. The minimum Gasteiger partial charge on any atom is -0.326 e. The van der Waals surface area contributed by atoms with Gasteiger partial charge in [-0.05, 0) is 57.1 Å². The van der Waals surface area contributed by atoms with E-state index in [-0.39, 0.29) is 5.91 Å². The lowest BCUT2D eigenvalue weighted by atomic mass is 9.93. The van der Waals surface area contributed by atoms with Gasteiger partial charge in [-0.2, -0.15) is 5.10 Å². The van der Waals surface area contributed by atoms with Crippen molar-refractivity contribution >= 4 is 22.5 Å². The van der Waals surface area contributed by atoms with Crippen LogP contribution in [0.15, 0.2) is 24.4 Å². The molecule has 1 amide bonds. The van der Waals surface area contributed by atoms with Crippen LogP contribution in [0.2, 0.25) is 0 Å². The Labute approximate surface area is 118 Å². The Morgan fingerprint density at radius 3 is 3.05 bits per heavy atom. The first-order valence-corrected chi connectivity index (χ1v) is 7.12. The number of anilines is 1. The van der Waals surface area contributed by atoms with Gasteiger partial charge in [0.25, 0.3) is 0 Å². The molecule has 2 aromatic rings. The summed E-state index contributed by atoms with van der Waals surface area (Å²) in [4.78, 5) is 14.4. The smallest absolute Gasteiger partial charge is 0.224 e. The number of carbonyl (C=O) groups excluding carboxylic acids is 1. The molecule has 3 rings (SSSR count). The molecular formula is C15H20N4O. The Balaban J connectivity index is 1.58. The standard InChI is InChI=1S/C15H20N4O/c1-19-6-4-11(5-7-19)8-15(20)17-13-3-2-12-10-16-18-14(12)9-13/h2-3,9-11H,4-8H2,1H3,(H,16,18)(H,17,20). The first-order valence-electron chi connectivity index (χ1n) is 7.12. The fourth-order valence-corrected chi connectivity index (χ4v) is 2.76. The Morgan fingerprint density at radius 1 is 1.45 bits per heavy atom. The number of nitrogens with zero attached hydrogens (tertiary/aromatic N) is 2. The number of fused-ring (bicyclic) bond motifs is 1. The maximum absolute atomic E-state index is 12.1. The molecule has 20 heavy (non-hydrogen) atoms. The number of hydrogen-bond donors (Lipinski definition) is 2. The molecule has 0 radical (unpaired) electrons. The average Bonchev–Trinajstić information content (AvgIpc) is 2.89. The summed E-state index contributed by atoms with van der Waals surface area (Å²) >= 11 is 0. The number of aromatic amines is 1. The van der Waals surface area contributed by atoms with Crippen LogP contribution in [0, 0.1) is 5.92 Å². The summed E-state index contributed by atoms with van der Waals surface area (Å²) in [6.45, 7) is 2.19. The van der Waals surface area contributed by atoms with Crippen molar-refractivity contribution in [1.82, 2.24) is 15.1 Å². The molecule has 0 saturated carbocycles. The summed E-state index contributed by atoms with van der Waals surface area (Å²) in [5, 5.41) is 10.9. The minimum atomic E-state index is 0.110. The summed E-state index contributed by atoms with van der Waals surface area (Å²) in [6, 6.07) is 5.81. The molecule has 0 spiro atoms. The second-order valence-electron chi connectivity index (χ2n) is 5.67. The fraction of sp³-hybridized carbons (Fsp3) is 0.467. The van der Waals surface area contributed by atoms with Crippen LogP contribution in [-0.2, 0) is 4.79 Å². The quantitative estimate of drug-likeness (QED) is 0.900. The van der Waals surface area contributed by atoms with Gasteiger partial charge in [0.2, 0.25) is 5.91 Å². The molecule has 106 valence electrons. The molecule has 0 aliphatic carbocycles. The molecule has 5 heteroatoms. The Morgan fingerprint density at radius 2 is 2.25 bits per heavy atom. The van der Waals surface area contributed by atoms with Crippen molar-refractivity contribution in [2.24, 2.45) is 5.92 Å². The van der Waals surface area contributed by atoms with E-state index in [0.29, 0.717) is 12.3 Å². The normalized spacial score (nSPS) is 17.4. The van der Waals surface area contributed by atoms with Crippen molar-refractivity contribution in [1.29, 1.82) is 0 Å². The highest BCUT2D eigenvalue weighted by Gasteiger charge is 2.19. The maximum Gasteiger partial charge on any atom is 0.224 e. The number of benzene rings is 1. The highest BCUT2D eigenvalue weighted by Crippen LogP contribution is 2.21. The predicted octanol–water partition coefficient (Wildman–Crippen LogP) is 2.23. The van der Waals surface area contributed by atoms with Gasteiger partial charge < -0.3 is 10.2 Å². The molecule has 1 fully saturated rings. The van der Waals surface area contributed by atoms with Crippen molar-refractivity contribution in [2.45, 2.75) is 19.3 Å². The van der Waals surface area contributed by atoms with E-state index in [1.807, 2.05) is 18.2 Å². The molecule has 0 unspecified atom stereocenters. The monoisotopic (exact) mass is 272 g/mol. The van der Waals surface area contributed by atoms with E-state index in [4.69, 9.17) is 0 Å². The van der Waals surface area contributed by atoms with Crippen LogP contribution < -0.4 is 5.32 Å². The van der Waals surface area contributed by atoms with E-state index in [9.17, 15) is 4.79 Å². The zero-order valence-electron chi connectivity index (χ0n) is 11.7. The number of hydrogen-bond acceptors (Lipinski definition) is 3. The van der Waals surface area contributed by atoms with E-state index in [0.717, 1.165) is 42.5 Å². The summed E-state index contributed by atoms with van der Waals surface area (Å²) in [7, 11) is 2.13. The van der Waals surface area contributed by atoms with E-state index < -0.39 is 0 Å². The topological polar surface area (TPSA) is 61.0 Å². The van der Waals surface area contributed by atoms with E-state index in [2.05, 4.69) is 27.5 Å². The number of likely N-dealkylation sites (tertiary alicyclic amines) is 1. The molecule has 5 nitrogen and oxygen atoms in total. The average molecular weight is 272 g/mol. The number of H-pyrrole nitrogens is 1. The first-order chi connectivity index (χ1) is 9.70. The van der Waals surface area contributed by atoms with Gasteiger partial charge in [-0.1, -0.05) is 0 Å². The van der Waals surface area contributed by atoms with E-state index in [1.165, 1.54) is 0 Å². The Bertz CT molecular complexity index is 599. The largest absolute Gasteiger partial charge is 0.326 e. The van der Waals surface area contributed by atoms with Gasteiger partial charge in [-0.25, -0.2) is 0 Å². The summed E-state index contributed by atoms with van der Waals surface area (Å²) < 4.78 is 0. The molecule has 1 saturated heterocycles. The third kappa shape index (κ3) is 2.99. The van der Waals surface area contributed by atoms with Gasteiger partial charge in [0.05, 0.1) is 11.7 Å². The van der Waals surface area contributed by atoms with Crippen molar-refractivity contribution in [3.05, 3.63) is 24.4 Å². The third-order valence-corrected chi connectivity index (χ3v) is 4.04. The van der Waals surface area contributed by atoms with Gasteiger partial charge >= 0.3 is 0 Å². The fourth-order valence-electron chi connectivity index (χ4n) is 2.76. The van der Waals surface area contributed by atoms with Crippen molar-refractivity contribution in [3.63, 3.8) is 0 Å². The van der Waals surface area contributed by atoms with Crippen molar-refractivity contribution < 1.29 is 4.79 Å². The molecule has 1 aliphatic rings. The SMILES string of the molecule is CN1CCC(CC(=O)Nc2ccc3cn[nH]c3c2)CC1. The van der Waals surface area contributed by atoms with Crippen LogP contribution in [0.5, 0.6) is 0 Å². The van der Waals surface area contributed by atoms with Crippen LogP contribution >= 0.6 is 0 Å². The molecule has 1 aromatic heterocycles. The van der Waals surface area contributed by atoms with Gasteiger partial charge in [0.1, 0.15) is 0 Å². The lowest BCUT2D eigenvalue weighted by Gasteiger charge is -2.28. The predicted molar refractivity (Wildman–Crippen MR) is 79.6 cm³/mol. The first kappa shape index (κ1) is 13.1. The number of nitrogens with one attached hydrogen (secondary N) is 2. The molecule has 2 heterocycles. The minimum absolute atomic E-state index is 0.110. The van der Waals surface area contributed by atoms with Crippen LogP contribution in [0.3, 0.4) is 0 Å². The highest BCUT2D eigenvalue weighted by atomic mass is 16.1. The van der Waals surface area contributed by atoms with Crippen molar-refractivity contribution in [2.75, 3.05) is 25.5 Å². The van der Waals surface area contributed by atoms with Gasteiger partial charge in [0, 0.05) is 17.5 Å². The maximum atomic E-state index is 12.1. The lowest BCUT2D eigenvalue weighted by Crippen LogP contribution is -2.31. The molecule has 1 aliphatic heterocycles. The number of piperidine rings is 1. The van der Waals surface area contributed by atoms with Crippen LogP contribution in [-0.4, -0.2) is 41.1 Å². The third-order valence-electron chi connectivity index (χ3n) is 4.04. The van der Waals surface area contributed by atoms with Gasteiger partial charge in [-0.3, -0.25) is 9.89 Å². The lowest BCUT2D eigenvalue weighted by molar-refractivity contribution is -0.117. The second-order valence-corrected chi connectivity index (χ2v) is 5.67. The van der Waals surface area contributed by atoms with Gasteiger partial charge in [-0.15, -0.1) is 0 Å². The second kappa shape index (κ2) is 5.63. The number of carbonyl (C=O) groups is 1. The van der Waals surface area contributed by atoms with Gasteiger partial charge in [0.15, 0.2) is 0 Å². The summed E-state index contributed by atoms with van der Waals surface area (Å²) in [6.07, 6.45) is 4.63. The molecule has 2 N–H and O–H groups in total. The van der Waals surface area contributed by atoms with Crippen LogP contribution in [0.25, 0.3) is 10.9 Å². The van der Waals surface area contributed by atoms with Crippen LogP contribution in [0.4, 0.5) is 5.69 Å². The zero-order valence-corrected chi connectivity index (χ0v) is 11.7. The van der Waals surface area contributed by atoms with E-state index >= 15 is 0 Å². The molecule has 0 atom stereocenters. The van der Waals surface area contributed by atoms with E-state index in [1.54, 1.807) is 6.20 Å². The highest BCUT2D eigenvalue weighted by molar-refractivity contribution is 5.93. The molecule has 0 bridgehead atoms. The summed E-state index contributed by atoms with van der Waals surface area (Å²) in [5.41, 5.74) is 1.78. The number of aromatic nitrogens is 2. The Hall–Kier alpha value is -1.88. The summed E-state index contributed by atoms with van der Waals surface area (Å²) in [5.74, 6) is 0.625. The number of amides is 1. The number of rotatable bonds is 3. The van der Waals surface area contributed by atoms with Crippen molar-refractivity contribution in [3.8, 4) is 0 Å². The Kier molecular flexibility index (Phi) is 3.69. The molecular weight excluding hydrogens is 252 g/mol. The zero-order chi connectivity index (χ0) is 13.9.